The predicted molar refractivity (Wildman–Crippen MR) is 106 cm³/mol. The Morgan fingerprint density at radius 3 is 2.44 bits per heavy atom. The number of carbonyl (C=O) groups excluding carboxylic acids is 1. The molecular weight excluding hydrogens is 360 g/mol. The number of hydrogen-bond donors (Lipinski definition) is 1. The zero-order valence-electron chi connectivity index (χ0n) is 15.6. The van der Waals surface area contributed by atoms with Crippen molar-refractivity contribution >= 4 is 15.7 Å². The van der Waals surface area contributed by atoms with E-state index in [1.165, 1.54) is 6.07 Å². The summed E-state index contributed by atoms with van der Waals surface area (Å²) in [5.41, 5.74) is 1.18. The Hall–Kier alpha value is -2.18. The van der Waals surface area contributed by atoms with Crippen LogP contribution in [0.2, 0.25) is 0 Å². The molecule has 0 unspecified atom stereocenters. The van der Waals surface area contributed by atoms with Gasteiger partial charge >= 0.3 is 0 Å². The van der Waals surface area contributed by atoms with Crippen LogP contribution in [0, 0.1) is 5.92 Å². The van der Waals surface area contributed by atoms with Gasteiger partial charge in [-0.1, -0.05) is 36.4 Å². The van der Waals surface area contributed by atoms with E-state index < -0.39 is 9.84 Å². The average molecular weight is 387 g/mol. The molecule has 1 amide bonds. The lowest BCUT2D eigenvalue weighted by atomic mass is 9.96. The lowest BCUT2D eigenvalue weighted by molar-refractivity contribution is 0.0690. The molecule has 0 spiro atoms. The summed E-state index contributed by atoms with van der Waals surface area (Å²) in [5.74, 6) is 0.437. The highest BCUT2D eigenvalue weighted by molar-refractivity contribution is 7.90. The van der Waals surface area contributed by atoms with E-state index in [1.807, 2.05) is 30.1 Å². The standard InChI is InChI=1S/C21H26N2O3S/c1-22-15-17-10-12-23(13-11-17)21(24)19-8-5-9-20(14-19)27(25,26)16-18-6-3-2-4-7-18/h2-9,14,17,22H,10-13,15-16H2,1H3. The minimum atomic E-state index is -3.50. The number of rotatable bonds is 6. The molecule has 6 heteroatoms. The summed E-state index contributed by atoms with van der Waals surface area (Å²) in [5, 5.41) is 3.19. The van der Waals surface area contributed by atoms with Gasteiger partial charge in [0.2, 0.25) is 0 Å². The molecule has 1 saturated heterocycles. The Labute approximate surface area is 161 Å². The van der Waals surface area contributed by atoms with Gasteiger partial charge in [0, 0.05) is 18.7 Å². The molecule has 1 aliphatic rings. The van der Waals surface area contributed by atoms with Crippen LogP contribution in [0.4, 0.5) is 0 Å². The highest BCUT2D eigenvalue weighted by Crippen LogP contribution is 2.21. The summed E-state index contributed by atoms with van der Waals surface area (Å²) in [4.78, 5) is 14.8. The minimum Gasteiger partial charge on any atom is -0.339 e. The van der Waals surface area contributed by atoms with Crippen molar-refractivity contribution in [3.05, 3.63) is 65.7 Å². The number of hydrogen-bond acceptors (Lipinski definition) is 4. The zero-order chi connectivity index (χ0) is 19.3. The summed E-state index contributed by atoms with van der Waals surface area (Å²) >= 11 is 0. The number of nitrogens with one attached hydrogen (secondary N) is 1. The molecule has 1 fully saturated rings. The molecule has 27 heavy (non-hydrogen) atoms. The van der Waals surface area contributed by atoms with Crippen molar-refractivity contribution in [1.82, 2.24) is 10.2 Å². The zero-order valence-corrected chi connectivity index (χ0v) is 16.4. The number of likely N-dealkylation sites (tertiary alicyclic amines) is 1. The van der Waals surface area contributed by atoms with Crippen molar-refractivity contribution in [3.63, 3.8) is 0 Å². The van der Waals surface area contributed by atoms with E-state index >= 15 is 0 Å². The van der Waals surface area contributed by atoms with Gasteiger partial charge in [-0.2, -0.15) is 0 Å². The summed E-state index contributed by atoms with van der Waals surface area (Å²) in [6.07, 6.45) is 1.94. The maximum Gasteiger partial charge on any atom is 0.253 e. The van der Waals surface area contributed by atoms with Crippen molar-refractivity contribution in [2.75, 3.05) is 26.7 Å². The highest BCUT2D eigenvalue weighted by Gasteiger charge is 2.24. The molecule has 1 aliphatic heterocycles. The summed E-state index contributed by atoms with van der Waals surface area (Å²) in [6.45, 7) is 2.40. The second kappa shape index (κ2) is 8.67. The smallest absolute Gasteiger partial charge is 0.253 e. The fourth-order valence-corrected chi connectivity index (χ4v) is 4.90. The molecular formula is C21H26N2O3S. The maximum atomic E-state index is 12.8. The Bertz CT molecular complexity index is 873. The van der Waals surface area contributed by atoms with E-state index in [4.69, 9.17) is 0 Å². The first-order valence-corrected chi connectivity index (χ1v) is 11.0. The van der Waals surface area contributed by atoms with Gasteiger partial charge in [0.05, 0.1) is 10.6 Å². The third-order valence-electron chi connectivity index (χ3n) is 5.03. The molecule has 1 heterocycles. The third kappa shape index (κ3) is 4.96. The molecule has 0 saturated carbocycles. The molecule has 0 atom stereocenters. The largest absolute Gasteiger partial charge is 0.339 e. The molecule has 2 aromatic carbocycles. The quantitative estimate of drug-likeness (QED) is 0.829. The molecule has 0 bridgehead atoms. The van der Waals surface area contributed by atoms with Crippen LogP contribution in [0.1, 0.15) is 28.8 Å². The Kier molecular flexibility index (Phi) is 6.29. The van der Waals surface area contributed by atoms with Gasteiger partial charge in [-0.3, -0.25) is 4.79 Å². The van der Waals surface area contributed by atoms with E-state index in [9.17, 15) is 13.2 Å². The first-order chi connectivity index (χ1) is 13.0. The van der Waals surface area contributed by atoms with Crippen LogP contribution in [0.25, 0.3) is 0 Å². The van der Waals surface area contributed by atoms with Crippen molar-refractivity contribution < 1.29 is 13.2 Å². The minimum absolute atomic E-state index is 0.0686. The molecule has 0 radical (unpaired) electrons. The van der Waals surface area contributed by atoms with E-state index in [1.54, 1.807) is 30.3 Å². The van der Waals surface area contributed by atoms with Crippen LogP contribution >= 0.6 is 0 Å². The van der Waals surface area contributed by atoms with Crippen LogP contribution in [0.3, 0.4) is 0 Å². The number of amides is 1. The predicted octanol–water partition coefficient (Wildman–Crippen LogP) is 2.73. The number of carbonyl (C=O) groups is 1. The van der Waals surface area contributed by atoms with Crippen molar-refractivity contribution in [1.29, 1.82) is 0 Å². The van der Waals surface area contributed by atoms with Gasteiger partial charge in [-0.05, 0) is 56.1 Å². The average Bonchev–Trinajstić information content (AvgIpc) is 2.69. The molecule has 5 nitrogen and oxygen atoms in total. The van der Waals surface area contributed by atoms with Gasteiger partial charge in [0.1, 0.15) is 0 Å². The van der Waals surface area contributed by atoms with Gasteiger partial charge in [0.25, 0.3) is 5.91 Å². The Morgan fingerprint density at radius 1 is 1.07 bits per heavy atom. The maximum absolute atomic E-state index is 12.8. The summed E-state index contributed by atoms with van der Waals surface area (Å²) < 4.78 is 25.5. The van der Waals surface area contributed by atoms with E-state index in [0.717, 1.165) is 24.9 Å². The number of piperidine rings is 1. The molecule has 0 aliphatic carbocycles. The van der Waals surface area contributed by atoms with Crippen LogP contribution < -0.4 is 5.32 Å². The lowest BCUT2D eigenvalue weighted by Gasteiger charge is -2.32. The van der Waals surface area contributed by atoms with Gasteiger partial charge < -0.3 is 10.2 Å². The molecule has 1 N–H and O–H groups in total. The molecule has 2 aromatic rings. The SMILES string of the molecule is CNCC1CCN(C(=O)c2cccc(S(=O)(=O)Cc3ccccc3)c2)CC1. The second-order valence-corrected chi connectivity index (χ2v) is 9.06. The van der Waals surface area contributed by atoms with Crippen LogP contribution in [0.5, 0.6) is 0 Å². The fraction of sp³-hybridized carbons (Fsp3) is 0.381. The van der Waals surface area contributed by atoms with E-state index in [-0.39, 0.29) is 16.6 Å². The lowest BCUT2D eigenvalue weighted by Crippen LogP contribution is -2.40. The summed E-state index contributed by atoms with van der Waals surface area (Å²) in [6, 6.07) is 15.5. The highest BCUT2D eigenvalue weighted by atomic mass is 32.2. The van der Waals surface area contributed by atoms with Crippen LogP contribution in [-0.4, -0.2) is 45.9 Å². The van der Waals surface area contributed by atoms with Crippen molar-refractivity contribution in [3.8, 4) is 0 Å². The second-order valence-electron chi connectivity index (χ2n) is 7.07. The number of benzene rings is 2. The first-order valence-electron chi connectivity index (χ1n) is 9.30. The topological polar surface area (TPSA) is 66.5 Å². The molecule has 0 aromatic heterocycles. The van der Waals surface area contributed by atoms with E-state index in [2.05, 4.69) is 5.32 Å². The first kappa shape index (κ1) is 19.6. The number of nitrogens with zero attached hydrogens (tertiary/aromatic N) is 1. The third-order valence-corrected chi connectivity index (χ3v) is 6.72. The Morgan fingerprint density at radius 2 is 1.78 bits per heavy atom. The Balaban J connectivity index is 1.72. The number of sulfone groups is 1. The summed E-state index contributed by atoms with van der Waals surface area (Å²) in [7, 11) is -1.55. The normalized spacial score (nSPS) is 15.7. The van der Waals surface area contributed by atoms with Gasteiger partial charge in [-0.15, -0.1) is 0 Å². The van der Waals surface area contributed by atoms with Crippen molar-refractivity contribution in [2.45, 2.75) is 23.5 Å². The van der Waals surface area contributed by atoms with Crippen molar-refractivity contribution in [2.24, 2.45) is 5.92 Å². The van der Waals surface area contributed by atoms with E-state index in [0.29, 0.717) is 24.6 Å². The van der Waals surface area contributed by atoms with Crippen LogP contribution in [-0.2, 0) is 15.6 Å². The molecule has 144 valence electrons. The van der Waals surface area contributed by atoms with Crippen LogP contribution in [0.15, 0.2) is 59.5 Å². The fourth-order valence-electron chi connectivity index (χ4n) is 3.51. The monoisotopic (exact) mass is 386 g/mol. The molecule has 3 rings (SSSR count). The van der Waals surface area contributed by atoms with Gasteiger partial charge in [-0.25, -0.2) is 8.42 Å². The van der Waals surface area contributed by atoms with Gasteiger partial charge in [0.15, 0.2) is 9.84 Å².